The van der Waals surface area contributed by atoms with E-state index < -0.39 is 26.7 Å². The van der Waals surface area contributed by atoms with Crippen LogP contribution in [0.5, 0.6) is 0 Å². The maximum absolute atomic E-state index is 12.9. The van der Waals surface area contributed by atoms with Gasteiger partial charge in [0.1, 0.15) is 0 Å². The number of sulfonamides is 1. The maximum Gasteiger partial charge on any atom is 0.416 e. The molecule has 28 heavy (non-hydrogen) atoms. The molecule has 1 N–H and O–H groups in total. The molecule has 0 amide bonds. The van der Waals surface area contributed by atoms with Crippen LogP contribution in [0, 0.1) is 0 Å². The van der Waals surface area contributed by atoms with E-state index in [0.29, 0.717) is 11.9 Å². The molecule has 0 atom stereocenters. The van der Waals surface area contributed by atoms with Crippen LogP contribution in [0.15, 0.2) is 41.4 Å². The predicted octanol–water partition coefficient (Wildman–Crippen LogP) is 2.67. The van der Waals surface area contributed by atoms with Gasteiger partial charge < -0.3 is 0 Å². The normalized spacial score (nSPS) is 12.2. The zero-order valence-corrected chi connectivity index (χ0v) is 15.7. The molecule has 3 rings (SSSR count). The standard InChI is InChI=1S/C15H12ClF3N6O2S/c1-25-14(21-23-24-25)7-12-13(6-10(16)8-20-12)22-28(26,27)11-4-2-3-9(5-11)15(17,18)19/h2-6,8,22H,7H2,1H3. The molecule has 148 valence electrons. The average molecular weight is 433 g/mol. The number of nitrogens with zero attached hydrogens (tertiary/aromatic N) is 5. The molecule has 0 saturated carbocycles. The second kappa shape index (κ2) is 7.36. The fourth-order valence-electron chi connectivity index (χ4n) is 2.29. The molecule has 0 aliphatic rings. The molecule has 0 radical (unpaired) electrons. The summed E-state index contributed by atoms with van der Waals surface area (Å²) in [4.78, 5) is 3.53. The lowest BCUT2D eigenvalue weighted by Gasteiger charge is -2.13. The summed E-state index contributed by atoms with van der Waals surface area (Å²) in [6.07, 6.45) is -3.30. The Balaban J connectivity index is 1.96. The fourth-order valence-corrected chi connectivity index (χ4v) is 3.57. The molecule has 0 unspecified atom stereocenters. The van der Waals surface area contributed by atoms with Crippen LogP contribution in [0.3, 0.4) is 0 Å². The minimum atomic E-state index is -4.67. The van der Waals surface area contributed by atoms with Crippen LogP contribution in [0.2, 0.25) is 5.02 Å². The van der Waals surface area contributed by atoms with E-state index in [2.05, 4.69) is 25.2 Å². The Morgan fingerprint density at radius 1 is 1.25 bits per heavy atom. The Hall–Kier alpha value is -2.73. The monoisotopic (exact) mass is 432 g/mol. The van der Waals surface area contributed by atoms with Crippen molar-refractivity contribution in [2.24, 2.45) is 7.05 Å². The van der Waals surface area contributed by atoms with Crippen molar-refractivity contribution in [3.8, 4) is 0 Å². The summed E-state index contributed by atoms with van der Waals surface area (Å²) in [5.74, 6) is 0.398. The van der Waals surface area contributed by atoms with Crippen molar-refractivity contribution in [1.29, 1.82) is 0 Å². The highest BCUT2D eigenvalue weighted by Crippen LogP contribution is 2.31. The topological polar surface area (TPSA) is 103 Å². The summed E-state index contributed by atoms with van der Waals surface area (Å²) in [7, 11) is -2.74. The van der Waals surface area contributed by atoms with Crippen molar-refractivity contribution in [1.82, 2.24) is 25.2 Å². The first-order chi connectivity index (χ1) is 13.1. The third-order valence-electron chi connectivity index (χ3n) is 3.69. The fraction of sp³-hybridized carbons (Fsp3) is 0.200. The van der Waals surface area contributed by atoms with E-state index in [9.17, 15) is 21.6 Å². The summed E-state index contributed by atoms with van der Waals surface area (Å²) in [6.45, 7) is 0. The number of halogens is 4. The van der Waals surface area contributed by atoms with Crippen LogP contribution in [-0.4, -0.2) is 33.6 Å². The molecule has 0 saturated heterocycles. The molecule has 2 heterocycles. The molecular formula is C15H12ClF3N6O2S. The summed E-state index contributed by atoms with van der Waals surface area (Å²) < 4.78 is 67.5. The van der Waals surface area contributed by atoms with Gasteiger partial charge in [0, 0.05) is 13.2 Å². The van der Waals surface area contributed by atoms with E-state index in [0.717, 1.165) is 18.2 Å². The lowest BCUT2D eigenvalue weighted by Crippen LogP contribution is -2.16. The quantitative estimate of drug-likeness (QED) is 0.665. The average Bonchev–Trinajstić information content (AvgIpc) is 3.01. The number of alkyl halides is 3. The van der Waals surface area contributed by atoms with Crippen LogP contribution in [0.1, 0.15) is 17.1 Å². The van der Waals surface area contributed by atoms with Gasteiger partial charge in [-0.05, 0) is 34.7 Å². The van der Waals surface area contributed by atoms with E-state index in [1.807, 2.05) is 0 Å². The van der Waals surface area contributed by atoms with Crippen molar-refractivity contribution >= 4 is 27.3 Å². The van der Waals surface area contributed by atoms with E-state index in [4.69, 9.17) is 11.6 Å². The highest BCUT2D eigenvalue weighted by molar-refractivity contribution is 7.92. The van der Waals surface area contributed by atoms with Gasteiger partial charge in [0.2, 0.25) is 0 Å². The van der Waals surface area contributed by atoms with Gasteiger partial charge in [-0.3, -0.25) is 9.71 Å². The van der Waals surface area contributed by atoms with Gasteiger partial charge in [-0.15, -0.1) is 5.10 Å². The zero-order chi connectivity index (χ0) is 20.5. The van der Waals surface area contributed by atoms with E-state index in [-0.39, 0.29) is 22.8 Å². The predicted molar refractivity (Wildman–Crippen MR) is 93.1 cm³/mol. The third kappa shape index (κ3) is 4.39. The van der Waals surface area contributed by atoms with Crippen molar-refractivity contribution in [2.45, 2.75) is 17.5 Å². The zero-order valence-electron chi connectivity index (χ0n) is 14.1. The van der Waals surface area contributed by atoms with Gasteiger partial charge in [-0.25, -0.2) is 13.1 Å². The summed E-state index contributed by atoms with van der Waals surface area (Å²) in [5.41, 5.74) is -0.823. The number of rotatable bonds is 5. The van der Waals surface area contributed by atoms with Gasteiger partial charge in [0.15, 0.2) is 5.82 Å². The summed E-state index contributed by atoms with van der Waals surface area (Å²) in [5, 5.41) is 11.1. The van der Waals surface area contributed by atoms with Crippen molar-refractivity contribution in [2.75, 3.05) is 4.72 Å². The van der Waals surface area contributed by atoms with Crippen molar-refractivity contribution < 1.29 is 21.6 Å². The highest BCUT2D eigenvalue weighted by Gasteiger charge is 2.31. The van der Waals surface area contributed by atoms with Gasteiger partial charge >= 0.3 is 6.18 Å². The number of hydrogen-bond acceptors (Lipinski definition) is 6. The van der Waals surface area contributed by atoms with Crippen molar-refractivity contribution in [3.05, 3.63) is 58.6 Å². The number of pyridine rings is 1. The third-order valence-corrected chi connectivity index (χ3v) is 5.26. The molecule has 13 heteroatoms. The molecule has 3 aromatic rings. The minimum Gasteiger partial charge on any atom is -0.278 e. The van der Waals surface area contributed by atoms with Crippen LogP contribution < -0.4 is 4.72 Å². The Kier molecular flexibility index (Phi) is 5.26. The Morgan fingerprint density at radius 3 is 2.64 bits per heavy atom. The van der Waals surface area contributed by atoms with Gasteiger partial charge in [-0.2, -0.15) is 13.2 Å². The van der Waals surface area contributed by atoms with E-state index in [1.54, 1.807) is 7.05 Å². The van der Waals surface area contributed by atoms with Gasteiger partial charge in [-0.1, -0.05) is 17.7 Å². The number of aromatic nitrogens is 5. The molecule has 0 spiro atoms. The number of aryl methyl sites for hydroxylation is 1. The number of tetrazole rings is 1. The molecule has 8 nitrogen and oxygen atoms in total. The smallest absolute Gasteiger partial charge is 0.278 e. The van der Waals surface area contributed by atoms with Crippen LogP contribution in [0.4, 0.5) is 18.9 Å². The molecule has 0 bridgehead atoms. The number of benzene rings is 1. The number of hydrogen-bond donors (Lipinski definition) is 1. The van der Waals surface area contributed by atoms with E-state index in [1.165, 1.54) is 16.9 Å². The SMILES string of the molecule is Cn1nnnc1Cc1ncc(Cl)cc1NS(=O)(=O)c1cccc(C(F)(F)F)c1. The number of nitrogens with one attached hydrogen (secondary N) is 1. The second-order valence-corrected chi connectivity index (χ2v) is 7.79. The van der Waals surface area contributed by atoms with Crippen LogP contribution >= 0.6 is 11.6 Å². The lowest BCUT2D eigenvalue weighted by molar-refractivity contribution is -0.137. The Bertz CT molecular complexity index is 1120. The lowest BCUT2D eigenvalue weighted by atomic mass is 10.2. The van der Waals surface area contributed by atoms with Crippen molar-refractivity contribution in [3.63, 3.8) is 0 Å². The molecular weight excluding hydrogens is 421 g/mol. The maximum atomic E-state index is 12.9. The summed E-state index contributed by atoms with van der Waals surface area (Å²) >= 11 is 5.90. The molecule has 0 aliphatic heterocycles. The summed E-state index contributed by atoms with van der Waals surface area (Å²) in [6, 6.07) is 4.71. The Labute approximate surface area is 162 Å². The first-order valence-corrected chi connectivity index (χ1v) is 9.48. The van der Waals surface area contributed by atoms with E-state index >= 15 is 0 Å². The Morgan fingerprint density at radius 2 is 2.00 bits per heavy atom. The van der Waals surface area contributed by atoms with Gasteiger partial charge in [0.25, 0.3) is 10.0 Å². The molecule has 2 aromatic heterocycles. The number of anilines is 1. The molecule has 0 fully saturated rings. The van der Waals surface area contributed by atoms with Gasteiger partial charge in [0.05, 0.1) is 33.3 Å². The first-order valence-electron chi connectivity index (χ1n) is 7.62. The highest BCUT2D eigenvalue weighted by atomic mass is 35.5. The largest absolute Gasteiger partial charge is 0.416 e. The molecule has 1 aromatic carbocycles. The van der Waals surface area contributed by atoms with Crippen LogP contribution in [-0.2, 0) is 29.7 Å². The second-order valence-electron chi connectivity index (χ2n) is 5.67. The molecule has 0 aliphatic carbocycles. The minimum absolute atomic E-state index is 0.00733. The first kappa shape index (κ1) is 20.0. The van der Waals surface area contributed by atoms with Crippen LogP contribution in [0.25, 0.3) is 0 Å².